The molecular weight excluding hydrogens is 392 g/mol. The summed E-state index contributed by atoms with van der Waals surface area (Å²) in [6.07, 6.45) is 2.79. The van der Waals surface area contributed by atoms with E-state index in [9.17, 15) is 14.7 Å². The Labute approximate surface area is 171 Å². The molecule has 2 aromatic heterocycles. The summed E-state index contributed by atoms with van der Waals surface area (Å²) in [7, 11) is 0. The first-order chi connectivity index (χ1) is 13.5. The average Bonchev–Trinajstić information content (AvgIpc) is 3.31. The van der Waals surface area contributed by atoms with E-state index in [-0.39, 0.29) is 17.6 Å². The molecule has 2 heterocycles. The molecule has 0 unspecified atom stereocenters. The van der Waals surface area contributed by atoms with Gasteiger partial charge in [-0.1, -0.05) is 13.0 Å². The van der Waals surface area contributed by atoms with Crippen molar-refractivity contribution < 1.29 is 14.7 Å². The fourth-order valence-corrected chi connectivity index (χ4v) is 5.41. The van der Waals surface area contributed by atoms with E-state index in [0.717, 1.165) is 24.8 Å². The number of benzene rings is 1. The smallest absolute Gasteiger partial charge is 0.266 e. The zero-order valence-electron chi connectivity index (χ0n) is 15.3. The number of hydrogen-bond donors (Lipinski definition) is 3. The Bertz CT molecular complexity index is 1010. The van der Waals surface area contributed by atoms with Gasteiger partial charge < -0.3 is 15.7 Å². The van der Waals surface area contributed by atoms with E-state index in [2.05, 4.69) is 17.6 Å². The second-order valence-corrected chi connectivity index (χ2v) is 9.04. The summed E-state index contributed by atoms with van der Waals surface area (Å²) in [6, 6.07) is 9.96. The first-order valence-electron chi connectivity index (χ1n) is 9.11. The molecule has 4 rings (SSSR count). The Balaban J connectivity index is 1.66. The number of nitrogens with one attached hydrogen (secondary N) is 2. The third-order valence-corrected chi connectivity index (χ3v) is 6.87. The molecule has 1 aliphatic carbocycles. The summed E-state index contributed by atoms with van der Waals surface area (Å²) in [5, 5.41) is 17.7. The standard InChI is InChI=1S/C21H20N2O3S2/c1-12-4-9-15-17(11-12)28-21(23-19(25)16-3-2-10-27-16)18(15)20(26)22-13-5-7-14(24)8-6-13/h2-3,5-8,10,12,24H,4,9,11H2,1H3,(H,22,26)(H,23,25)/t12-/m0/s1. The van der Waals surface area contributed by atoms with Gasteiger partial charge in [0.15, 0.2) is 0 Å². The molecule has 144 valence electrons. The molecule has 3 N–H and O–H groups in total. The van der Waals surface area contributed by atoms with E-state index in [1.54, 1.807) is 18.2 Å². The van der Waals surface area contributed by atoms with Crippen LogP contribution in [0.5, 0.6) is 5.75 Å². The molecule has 0 spiro atoms. The first kappa shape index (κ1) is 18.7. The molecule has 3 aromatic rings. The molecule has 0 radical (unpaired) electrons. The van der Waals surface area contributed by atoms with E-state index < -0.39 is 0 Å². The maximum Gasteiger partial charge on any atom is 0.266 e. The highest BCUT2D eigenvalue weighted by molar-refractivity contribution is 7.17. The molecule has 0 fully saturated rings. The number of anilines is 2. The minimum Gasteiger partial charge on any atom is -0.508 e. The van der Waals surface area contributed by atoms with Crippen molar-refractivity contribution in [2.75, 3.05) is 10.6 Å². The predicted octanol–water partition coefficient (Wildman–Crippen LogP) is 5.14. The van der Waals surface area contributed by atoms with E-state index in [1.165, 1.54) is 39.7 Å². The van der Waals surface area contributed by atoms with Crippen LogP contribution in [0.25, 0.3) is 0 Å². The lowest BCUT2D eigenvalue weighted by molar-refractivity contribution is 0.102. The Kier molecular flexibility index (Phi) is 5.19. The van der Waals surface area contributed by atoms with Crippen molar-refractivity contribution in [3.8, 4) is 5.75 Å². The van der Waals surface area contributed by atoms with Crippen LogP contribution in [0.3, 0.4) is 0 Å². The average molecular weight is 413 g/mol. The van der Waals surface area contributed by atoms with Crippen LogP contribution in [0.4, 0.5) is 10.7 Å². The molecule has 7 heteroatoms. The second kappa shape index (κ2) is 7.77. The lowest BCUT2D eigenvalue weighted by Crippen LogP contribution is -2.19. The highest BCUT2D eigenvalue weighted by atomic mass is 32.1. The molecular formula is C21H20N2O3S2. The van der Waals surface area contributed by atoms with Crippen molar-refractivity contribution in [3.63, 3.8) is 0 Å². The van der Waals surface area contributed by atoms with E-state index in [0.29, 0.717) is 27.0 Å². The van der Waals surface area contributed by atoms with Gasteiger partial charge in [-0.15, -0.1) is 22.7 Å². The van der Waals surface area contributed by atoms with Crippen LogP contribution in [0, 0.1) is 5.92 Å². The quantitative estimate of drug-likeness (QED) is 0.519. The number of thiophene rings is 2. The van der Waals surface area contributed by atoms with E-state index >= 15 is 0 Å². The molecule has 2 amide bonds. The van der Waals surface area contributed by atoms with Gasteiger partial charge in [-0.25, -0.2) is 0 Å². The van der Waals surface area contributed by atoms with E-state index in [1.807, 2.05) is 11.4 Å². The SMILES string of the molecule is C[C@H]1CCc2c(sc(NC(=O)c3cccs3)c2C(=O)Nc2ccc(O)cc2)C1. The maximum atomic E-state index is 13.1. The van der Waals surface area contributed by atoms with Crippen LogP contribution in [-0.2, 0) is 12.8 Å². The Morgan fingerprint density at radius 1 is 1.11 bits per heavy atom. The third kappa shape index (κ3) is 3.81. The highest BCUT2D eigenvalue weighted by Gasteiger charge is 2.28. The fraction of sp³-hybridized carbons (Fsp3) is 0.238. The number of phenolic OH excluding ortho intramolecular Hbond substituents is 1. The Morgan fingerprint density at radius 3 is 2.61 bits per heavy atom. The second-order valence-electron chi connectivity index (χ2n) is 6.99. The number of amides is 2. The van der Waals surface area contributed by atoms with E-state index in [4.69, 9.17) is 0 Å². The van der Waals surface area contributed by atoms with Gasteiger partial charge in [0.1, 0.15) is 10.8 Å². The van der Waals surface area contributed by atoms with Crippen LogP contribution < -0.4 is 10.6 Å². The largest absolute Gasteiger partial charge is 0.508 e. The van der Waals surface area contributed by atoms with Gasteiger partial charge in [-0.2, -0.15) is 0 Å². The van der Waals surface area contributed by atoms with Crippen molar-refractivity contribution in [1.82, 2.24) is 0 Å². The Morgan fingerprint density at radius 2 is 1.89 bits per heavy atom. The summed E-state index contributed by atoms with van der Waals surface area (Å²) in [5.74, 6) is 0.281. The normalized spacial score (nSPS) is 15.7. The maximum absolute atomic E-state index is 13.1. The zero-order chi connectivity index (χ0) is 19.7. The number of fused-ring (bicyclic) bond motifs is 1. The van der Waals surface area contributed by atoms with Gasteiger partial charge in [-0.3, -0.25) is 9.59 Å². The molecule has 5 nitrogen and oxygen atoms in total. The van der Waals surface area contributed by atoms with Crippen molar-refractivity contribution in [3.05, 3.63) is 62.7 Å². The molecule has 0 saturated heterocycles. The van der Waals surface area contributed by atoms with Gasteiger partial charge in [0.2, 0.25) is 0 Å². The molecule has 28 heavy (non-hydrogen) atoms. The first-order valence-corrected chi connectivity index (χ1v) is 10.8. The third-order valence-electron chi connectivity index (χ3n) is 4.84. The monoisotopic (exact) mass is 412 g/mol. The number of hydrogen-bond acceptors (Lipinski definition) is 5. The number of carbonyl (C=O) groups is 2. The van der Waals surface area contributed by atoms with Crippen molar-refractivity contribution in [1.29, 1.82) is 0 Å². The van der Waals surface area contributed by atoms with Crippen molar-refractivity contribution in [2.45, 2.75) is 26.2 Å². The summed E-state index contributed by atoms with van der Waals surface area (Å²) in [6.45, 7) is 2.21. The lowest BCUT2D eigenvalue weighted by Gasteiger charge is -2.18. The molecule has 0 saturated carbocycles. The van der Waals surface area contributed by atoms with Gasteiger partial charge in [-0.05, 0) is 66.5 Å². The number of rotatable bonds is 4. The van der Waals surface area contributed by atoms with Crippen molar-refractivity contribution >= 4 is 45.2 Å². The van der Waals surface area contributed by atoms with Crippen LogP contribution in [0.1, 0.15) is 43.8 Å². The molecule has 0 aliphatic heterocycles. The van der Waals surface area contributed by atoms with Crippen LogP contribution in [-0.4, -0.2) is 16.9 Å². The summed E-state index contributed by atoms with van der Waals surface area (Å²) >= 11 is 2.88. The molecule has 1 atom stereocenters. The summed E-state index contributed by atoms with van der Waals surface area (Å²) < 4.78 is 0. The van der Waals surface area contributed by atoms with Gasteiger partial charge >= 0.3 is 0 Å². The lowest BCUT2D eigenvalue weighted by atomic mass is 9.88. The van der Waals surface area contributed by atoms with Crippen molar-refractivity contribution in [2.24, 2.45) is 5.92 Å². The van der Waals surface area contributed by atoms with Gasteiger partial charge in [0, 0.05) is 10.6 Å². The van der Waals surface area contributed by atoms with Crippen LogP contribution in [0.15, 0.2) is 41.8 Å². The van der Waals surface area contributed by atoms with Gasteiger partial charge in [0.25, 0.3) is 11.8 Å². The fourth-order valence-electron chi connectivity index (χ4n) is 3.39. The molecule has 1 aromatic carbocycles. The molecule has 0 bridgehead atoms. The highest BCUT2D eigenvalue weighted by Crippen LogP contribution is 2.40. The Hall–Kier alpha value is -2.64. The van der Waals surface area contributed by atoms with Crippen LogP contribution >= 0.6 is 22.7 Å². The number of phenols is 1. The van der Waals surface area contributed by atoms with Crippen LogP contribution in [0.2, 0.25) is 0 Å². The number of aromatic hydroxyl groups is 1. The summed E-state index contributed by atoms with van der Waals surface area (Å²) in [5.41, 5.74) is 2.20. The predicted molar refractivity (Wildman–Crippen MR) is 114 cm³/mol. The topological polar surface area (TPSA) is 78.4 Å². The minimum absolute atomic E-state index is 0.142. The van der Waals surface area contributed by atoms with Gasteiger partial charge in [0.05, 0.1) is 10.4 Å². The minimum atomic E-state index is -0.237. The summed E-state index contributed by atoms with van der Waals surface area (Å²) in [4.78, 5) is 27.4. The zero-order valence-corrected chi connectivity index (χ0v) is 17.0. The number of carbonyl (C=O) groups excluding carboxylic acids is 2. The molecule has 1 aliphatic rings.